The van der Waals surface area contributed by atoms with Crippen LogP contribution in [0, 0.1) is 0 Å². The van der Waals surface area contributed by atoms with E-state index in [4.69, 9.17) is 16.3 Å². The van der Waals surface area contributed by atoms with Crippen molar-refractivity contribution in [2.45, 2.75) is 25.5 Å². The second kappa shape index (κ2) is 7.48. The van der Waals surface area contributed by atoms with Crippen molar-refractivity contribution in [1.29, 1.82) is 0 Å². The van der Waals surface area contributed by atoms with Gasteiger partial charge in [-0.15, -0.1) is 0 Å². The third-order valence-corrected chi connectivity index (χ3v) is 3.33. The van der Waals surface area contributed by atoms with Gasteiger partial charge < -0.3 is 15.4 Å². The van der Waals surface area contributed by atoms with Crippen molar-refractivity contribution in [1.82, 2.24) is 10.6 Å². The maximum atomic E-state index is 11.6. The summed E-state index contributed by atoms with van der Waals surface area (Å²) in [6.45, 7) is 2.40. The van der Waals surface area contributed by atoms with E-state index in [1.807, 2.05) is 24.3 Å². The Morgan fingerprint density at radius 3 is 2.84 bits per heavy atom. The van der Waals surface area contributed by atoms with Gasteiger partial charge in [0.2, 0.25) is 5.91 Å². The zero-order chi connectivity index (χ0) is 13.5. The summed E-state index contributed by atoms with van der Waals surface area (Å²) in [4.78, 5) is 11.6. The third kappa shape index (κ3) is 5.19. The van der Waals surface area contributed by atoms with E-state index in [1.165, 1.54) is 0 Å². The molecule has 0 bridgehead atoms. The predicted molar refractivity (Wildman–Crippen MR) is 75.1 cm³/mol. The quantitative estimate of drug-likeness (QED) is 0.835. The largest absolute Gasteiger partial charge is 0.376 e. The van der Waals surface area contributed by atoms with Crippen molar-refractivity contribution < 1.29 is 9.53 Å². The molecule has 5 heteroatoms. The molecule has 0 aromatic heterocycles. The van der Waals surface area contributed by atoms with Crippen LogP contribution in [0.25, 0.3) is 0 Å². The van der Waals surface area contributed by atoms with Crippen LogP contribution in [0.15, 0.2) is 24.3 Å². The highest BCUT2D eigenvalue weighted by Gasteiger charge is 2.15. The fourth-order valence-electron chi connectivity index (χ4n) is 2.02. The molecular weight excluding hydrogens is 264 g/mol. The fourth-order valence-corrected chi connectivity index (χ4v) is 2.14. The molecule has 1 saturated heterocycles. The molecule has 4 nitrogen and oxygen atoms in total. The summed E-state index contributed by atoms with van der Waals surface area (Å²) in [5.74, 6) is 0.00413. The fraction of sp³-hybridized carbons (Fsp3) is 0.500. The summed E-state index contributed by atoms with van der Waals surface area (Å²) in [6, 6.07) is 7.57. The van der Waals surface area contributed by atoms with Crippen molar-refractivity contribution in [3.8, 4) is 0 Å². The van der Waals surface area contributed by atoms with Crippen LogP contribution in [0.3, 0.4) is 0 Å². The number of rotatable bonds is 6. The normalized spacial score (nSPS) is 18.5. The molecule has 0 radical (unpaired) electrons. The molecular formula is C14H19ClN2O2. The minimum absolute atomic E-state index is 0.00413. The molecule has 0 aliphatic carbocycles. The molecule has 1 unspecified atom stereocenters. The number of amides is 1. The van der Waals surface area contributed by atoms with Gasteiger partial charge in [-0.25, -0.2) is 0 Å². The number of halogens is 1. The Morgan fingerprint density at radius 2 is 2.16 bits per heavy atom. The summed E-state index contributed by atoms with van der Waals surface area (Å²) >= 11 is 5.80. The van der Waals surface area contributed by atoms with Gasteiger partial charge in [0.05, 0.1) is 12.6 Å². The molecule has 0 spiro atoms. The molecule has 2 N–H and O–H groups in total. The lowest BCUT2D eigenvalue weighted by Crippen LogP contribution is -2.37. The van der Waals surface area contributed by atoms with Gasteiger partial charge in [-0.2, -0.15) is 0 Å². The van der Waals surface area contributed by atoms with Gasteiger partial charge in [-0.3, -0.25) is 4.79 Å². The Hall–Kier alpha value is -1.10. The smallest absolute Gasteiger partial charge is 0.234 e. The average Bonchev–Trinajstić information content (AvgIpc) is 2.92. The maximum absolute atomic E-state index is 11.6. The molecule has 1 aromatic carbocycles. The van der Waals surface area contributed by atoms with Crippen LogP contribution in [-0.4, -0.2) is 31.7 Å². The van der Waals surface area contributed by atoms with Gasteiger partial charge >= 0.3 is 0 Å². The van der Waals surface area contributed by atoms with Gasteiger partial charge in [0.25, 0.3) is 0 Å². The highest BCUT2D eigenvalue weighted by molar-refractivity contribution is 6.30. The molecule has 1 aliphatic heterocycles. The highest BCUT2D eigenvalue weighted by atomic mass is 35.5. The number of carbonyl (C=O) groups excluding carboxylic acids is 1. The Labute approximate surface area is 118 Å². The van der Waals surface area contributed by atoms with Crippen LogP contribution in [0.4, 0.5) is 0 Å². The number of hydrogen-bond donors (Lipinski definition) is 2. The molecule has 2 rings (SSSR count). The molecule has 0 saturated carbocycles. The van der Waals surface area contributed by atoms with Gasteiger partial charge in [0, 0.05) is 24.7 Å². The highest BCUT2D eigenvalue weighted by Crippen LogP contribution is 2.10. The molecule has 1 aromatic rings. The monoisotopic (exact) mass is 282 g/mol. The molecule has 1 aliphatic rings. The Morgan fingerprint density at radius 1 is 1.37 bits per heavy atom. The van der Waals surface area contributed by atoms with Crippen LogP contribution < -0.4 is 10.6 Å². The van der Waals surface area contributed by atoms with Crippen molar-refractivity contribution in [3.05, 3.63) is 34.9 Å². The van der Waals surface area contributed by atoms with E-state index in [9.17, 15) is 4.79 Å². The second-order valence-electron chi connectivity index (χ2n) is 4.67. The Kier molecular flexibility index (Phi) is 5.63. The number of nitrogens with one attached hydrogen (secondary N) is 2. The van der Waals surface area contributed by atoms with Crippen LogP contribution in [0.5, 0.6) is 0 Å². The first-order valence-electron chi connectivity index (χ1n) is 6.57. The first-order valence-corrected chi connectivity index (χ1v) is 6.95. The van der Waals surface area contributed by atoms with Crippen LogP contribution >= 0.6 is 11.6 Å². The third-order valence-electron chi connectivity index (χ3n) is 3.08. The minimum atomic E-state index is 0.00413. The van der Waals surface area contributed by atoms with Gasteiger partial charge in [-0.05, 0) is 30.5 Å². The van der Waals surface area contributed by atoms with Crippen molar-refractivity contribution in [2.75, 3.05) is 19.7 Å². The van der Waals surface area contributed by atoms with Crippen molar-refractivity contribution in [2.24, 2.45) is 0 Å². The predicted octanol–water partition coefficient (Wildman–Crippen LogP) is 1.72. The van der Waals surface area contributed by atoms with E-state index in [0.29, 0.717) is 19.6 Å². The molecule has 104 valence electrons. The number of carbonyl (C=O) groups is 1. The summed E-state index contributed by atoms with van der Waals surface area (Å²) in [6.07, 6.45) is 2.33. The number of ether oxygens (including phenoxy) is 1. The lowest BCUT2D eigenvalue weighted by Gasteiger charge is -2.11. The van der Waals surface area contributed by atoms with Crippen molar-refractivity contribution >= 4 is 17.5 Å². The first kappa shape index (κ1) is 14.3. The molecule has 1 atom stereocenters. The number of hydrogen-bond acceptors (Lipinski definition) is 3. The van der Waals surface area contributed by atoms with Crippen molar-refractivity contribution in [3.63, 3.8) is 0 Å². The number of benzene rings is 1. The molecule has 1 fully saturated rings. The molecule has 1 amide bonds. The van der Waals surface area contributed by atoms with E-state index in [1.54, 1.807) is 0 Å². The SMILES string of the molecule is O=C(CNCc1ccc(Cl)cc1)NCC1CCCO1. The zero-order valence-corrected chi connectivity index (χ0v) is 11.6. The van der Waals surface area contributed by atoms with E-state index in [2.05, 4.69) is 10.6 Å². The van der Waals surface area contributed by atoms with E-state index in [-0.39, 0.29) is 12.0 Å². The van der Waals surface area contributed by atoms with Crippen LogP contribution in [-0.2, 0) is 16.1 Å². The lowest BCUT2D eigenvalue weighted by atomic mass is 10.2. The Bertz CT molecular complexity index is 402. The van der Waals surface area contributed by atoms with Crippen LogP contribution in [0.2, 0.25) is 5.02 Å². The van der Waals surface area contributed by atoms with Gasteiger partial charge in [0.1, 0.15) is 0 Å². The van der Waals surface area contributed by atoms with Crippen LogP contribution in [0.1, 0.15) is 18.4 Å². The summed E-state index contributed by atoms with van der Waals surface area (Å²) < 4.78 is 5.44. The van der Waals surface area contributed by atoms with Gasteiger partial charge in [0.15, 0.2) is 0 Å². The zero-order valence-electron chi connectivity index (χ0n) is 10.8. The van der Waals surface area contributed by atoms with E-state index < -0.39 is 0 Å². The second-order valence-corrected chi connectivity index (χ2v) is 5.11. The topological polar surface area (TPSA) is 50.4 Å². The van der Waals surface area contributed by atoms with E-state index >= 15 is 0 Å². The Balaban J connectivity index is 1.59. The average molecular weight is 283 g/mol. The summed E-state index contributed by atoms with van der Waals surface area (Å²) in [5, 5.41) is 6.69. The first-order chi connectivity index (χ1) is 9.24. The standard InChI is InChI=1S/C14H19ClN2O2/c15-12-5-3-11(4-6-12)8-16-10-14(18)17-9-13-2-1-7-19-13/h3-6,13,16H,1-2,7-10H2,(H,17,18). The minimum Gasteiger partial charge on any atom is -0.376 e. The van der Waals surface area contributed by atoms with Gasteiger partial charge in [-0.1, -0.05) is 23.7 Å². The maximum Gasteiger partial charge on any atom is 0.234 e. The lowest BCUT2D eigenvalue weighted by molar-refractivity contribution is -0.120. The molecule has 1 heterocycles. The summed E-state index contributed by atoms with van der Waals surface area (Å²) in [7, 11) is 0. The van der Waals surface area contributed by atoms with E-state index in [0.717, 1.165) is 30.0 Å². The molecule has 19 heavy (non-hydrogen) atoms. The summed E-state index contributed by atoms with van der Waals surface area (Å²) in [5.41, 5.74) is 1.11.